The first-order chi connectivity index (χ1) is 13.6. The van der Waals surface area contributed by atoms with Gasteiger partial charge in [-0.25, -0.2) is 0 Å². The summed E-state index contributed by atoms with van der Waals surface area (Å²) < 4.78 is 2.28. The van der Waals surface area contributed by atoms with Crippen LogP contribution >= 0.6 is 0 Å². The van der Waals surface area contributed by atoms with Gasteiger partial charge in [0, 0.05) is 40.5 Å². The topological polar surface area (TPSA) is 71.9 Å². The second-order valence-corrected chi connectivity index (χ2v) is 6.51. The van der Waals surface area contributed by atoms with E-state index in [0.29, 0.717) is 11.1 Å². The number of nitrogens with zero attached hydrogens (tertiary/aromatic N) is 3. The number of rotatable bonds is 4. The Morgan fingerprint density at radius 1 is 1.07 bits per heavy atom. The van der Waals surface area contributed by atoms with E-state index in [-0.39, 0.29) is 5.69 Å². The molecule has 1 heterocycles. The highest BCUT2D eigenvalue weighted by atomic mass is 16.6. The first-order valence-corrected chi connectivity index (χ1v) is 9.00. The molecule has 0 aliphatic carbocycles. The highest BCUT2D eigenvalue weighted by molar-refractivity contribution is 6.09. The van der Waals surface area contributed by atoms with E-state index in [1.54, 1.807) is 12.1 Å². The molecule has 5 nitrogen and oxygen atoms in total. The summed E-state index contributed by atoms with van der Waals surface area (Å²) in [6.07, 6.45) is 1.82. The van der Waals surface area contributed by atoms with Crippen LogP contribution in [-0.4, -0.2) is 9.49 Å². The fraction of sp³-hybridized carbons (Fsp3) is 0.0870. The van der Waals surface area contributed by atoms with E-state index in [9.17, 15) is 15.4 Å². The van der Waals surface area contributed by atoms with Gasteiger partial charge in [-0.05, 0) is 54.5 Å². The monoisotopic (exact) mass is 367 g/mol. The summed E-state index contributed by atoms with van der Waals surface area (Å²) in [5, 5.41) is 22.7. The number of allylic oxidation sites excluding steroid dienone is 1. The Morgan fingerprint density at radius 2 is 1.79 bits per heavy atom. The lowest BCUT2D eigenvalue weighted by atomic mass is 10.0. The number of fused-ring (bicyclic) bond motifs is 3. The Hall–Kier alpha value is -3.91. The van der Waals surface area contributed by atoms with E-state index >= 15 is 0 Å². The standard InChI is InChI=1S/C23H17N3O2/c1-2-25-22-6-4-3-5-20(22)21-14-16(7-12-23(21)25)13-18(15-24)17-8-10-19(11-9-17)26(27)28/h3-14H,2H2,1H3/b18-13-. The van der Waals surface area contributed by atoms with E-state index in [4.69, 9.17) is 0 Å². The van der Waals surface area contributed by atoms with Crippen LogP contribution in [0.1, 0.15) is 18.1 Å². The summed E-state index contributed by atoms with van der Waals surface area (Å²) >= 11 is 0. The zero-order chi connectivity index (χ0) is 19.7. The Morgan fingerprint density at radius 3 is 2.46 bits per heavy atom. The summed E-state index contributed by atoms with van der Waals surface area (Å²) in [6.45, 7) is 3.01. The van der Waals surface area contributed by atoms with Gasteiger partial charge in [-0.1, -0.05) is 24.3 Å². The van der Waals surface area contributed by atoms with E-state index in [2.05, 4.69) is 41.8 Å². The third kappa shape index (κ3) is 2.91. The summed E-state index contributed by atoms with van der Waals surface area (Å²) in [7, 11) is 0. The molecule has 0 radical (unpaired) electrons. The number of nitro benzene ring substituents is 1. The van der Waals surface area contributed by atoms with Crippen LogP contribution < -0.4 is 0 Å². The Kier molecular flexibility index (Phi) is 4.38. The molecule has 0 bridgehead atoms. The van der Waals surface area contributed by atoms with Gasteiger partial charge in [-0.3, -0.25) is 10.1 Å². The molecule has 28 heavy (non-hydrogen) atoms. The van der Waals surface area contributed by atoms with Crippen LogP contribution in [0.5, 0.6) is 0 Å². The highest BCUT2D eigenvalue weighted by Gasteiger charge is 2.10. The van der Waals surface area contributed by atoms with Gasteiger partial charge in [0.05, 0.1) is 16.6 Å². The number of aryl methyl sites for hydroxylation is 1. The number of hydrogen-bond donors (Lipinski definition) is 0. The lowest BCUT2D eigenvalue weighted by molar-refractivity contribution is -0.384. The van der Waals surface area contributed by atoms with Crippen LogP contribution in [0.3, 0.4) is 0 Å². The van der Waals surface area contributed by atoms with Gasteiger partial charge >= 0.3 is 0 Å². The van der Waals surface area contributed by atoms with E-state index in [0.717, 1.165) is 23.0 Å². The largest absolute Gasteiger partial charge is 0.341 e. The maximum absolute atomic E-state index is 10.8. The second kappa shape index (κ2) is 7.01. The van der Waals surface area contributed by atoms with Gasteiger partial charge in [0.1, 0.15) is 0 Å². The Labute approximate surface area is 161 Å². The number of non-ortho nitro benzene ring substituents is 1. The molecule has 3 aromatic carbocycles. The van der Waals surface area contributed by atoms with E-state index in [1.165, 1.54) is 23.0 Å². The van der Waals surface area contributed by atoms with Crippen molar-refractivity contribution in [3.8, 4) is 6.07 Å². The average molecular weight is 367 g/mol. The molecule has 0 fully saturated rings. The molecular weight excluding hydrogens is 350 g/mol. The molecule has 0 saturated carbocycles. The minimum absolute atomic E-state index is 0.00911. The lowest BCUT2D eigenvalue weighted by Gasteiger charge is -2.03. The number of para-hydroxylation sites is 1. The van der Waals surface area contributed by atoms with Crippen LogP contribution in [-0.2, 0) is 6.54 Å². The number of hydrogen-bond acceptors (Lipinski definition) is 3. The van der Waals surface area contributed by atoms with Crippen molar-refractivity contribution in [2.75, 3.05) is 0 Å². The van der Waals surface area contributed by atoms with Gasteiger partial charge in [-0.2, -0.15) is 5.26 Å². The number of nitro groups is 1. The minimum Gasteiger partial charge on any atom is -0.341 e. The van der Waals surface area contributed by atoms with Crippen molar-refractivity contribution in [1.29, 1.82) is 5.26 Å². The average Bonchev–Trinajstić information content (AvgIpc) is 3.05. The maximum Gasteiger partial charge on any atom is 0.269 e. The number of nitriles is 1. The van der Waals surface area contributed by atoms with Crippen molar-refractivity contribution in [3.05, 3.63) is 88.0 Å². The molecule has 0 atom stereocenters. The zero-order valence-electron chi connectivity index (χ0n) is 15.3. The second-order valence-electron chi connectivity index (χ2n) is 6.51. The van der Waals surface area contributed by atoms with Crippen molar-refractivity contribution in [2.24, 2.45) is 0 Å². The van der Waals surface area contributed by atoms with E-state index in [1.807, 2.05) is 24.3 Å². The lowest BCUT2D eigenvalue weighted by Crippen LogP contribution is -1.92. The number of aromatic nitrogens is 1. The van der Waals surface area contributed by atoms with Gasteiger partial charge in [-0.15, -0.1) is 0 Å². The molecule has 1 aromatic heterocycles. The fourth-order valence-corrected chi connectivity index (χ4v) is 3.61. The van der Waals surface area contributed by atoms with Crippen LogP contribution in [0.25, 0.3) is 33.5 Å². The summed E-state index contributed by atoms with van der Waals surface area (Å²) in [4.78, 5) is 10.4. The molecule has 4 rings (SSSR count). The van der Waals surface area contributed by atoms with Gasteiger partial charge in [0.15, 0.2) is 0 Å². The molecule has 136 valence electrons. The van der Waals surface area contributed by atoms with Crippen LogP contribution in [0.2, 0.25) is 0 Å². The van der Waals surface area contributed by atoms with Crippen molar-refractivity contribution in [2.45, 2.75) is 13.5 Å². The molecule has 0 unspecified atom stereocenters. The van der Waals surface area contributed by atoms with Crippen LogP contribution in [0, 0.1) is 21.4 Å². The summed E-state index contributed by atoms with van der Waals surface area (Å²) in [5.74, 6) is 0. The molecule has 5 heteroatoms. The Bertz CT molecular complexity index is 1280. The quantitative estimate of drug-likeness (QED) is 0.198. The predicted octanol–water partition coefficient (Wildman–Crippen LogP) is 5.79. The molecule has 0 spiro atoms. The fourth-order valence-electron chi connectivity index (χ4n) is 3.61. The smallest absolute Gasteiger partial charge is 0.269 e. The molecular formula is C23H17N3O2. The van der Waals surface area contributed by atoms with Crippen molar-refractivity contribution in [1.82, 2.24) is 4.57 Å². The molecule has 0 aliphatic rings. The normalized spacial score (nSPS) is 11.6. The molecule has 0 amide bonds. The molecule has 0 saturated heterocycles. The molecule has 0 N–H and O–H groups in total. The van der Waals surface area contributed by atoms with E-state index < -0.39 is 4.92 Å². The highest BCUT2D eigenvalue weighted by Crippen LogP contribution is 2.31. The maximum atomic E-state index is 10.8. The zero-order valence-corrected chi connectivity index (χ0v) is 15.3. The van der Waals surface area contributed by atoms with Crippen LogP contribution in [0.15, 0.2) is 66.7 Å². The van der Waals surface area contributed by atoms with Gasteiger partial charge < -0.3 is 4.57 Å². The number of benzene rings is 3. The third-order valence-electron chi connectivity index (χ3n) is 4.93. The first-order valence-electron chi connectivity index (χ1n) is 9.00. The van der Waals surface area contributed by atoms with Crippen molar-refractivity contribution in [3.63, 3.8) is 0 Å². The molecule has 0 aliphatic heterocycles. The molecule has 4 aromatic rings. The first kappa shape index (κ1) is 17.5. The van der Waals surface area contributed by atoms with Crippen molar-refractivity contribution < 1.29 is 4.92 Å². The minimum atomic E-state index is -0.447. The van der Waals surface area contributed by atoms with Gasteiger partial charge in [0.2, 0.25) is 0 Å². The Balaban J connectivity index is 1.83. The van der Waals surface area contributed by atoms with Crippen molar-refractivity contribution >= 4 is 39.1 Å². The third-order valence-corrected chi connectivity index (χ3v) is 4.93. The van der Waals surface area contributed by atoms with Crippen LogP contribution in [0.4, 0.5) is 5.69 Å². The summed E-state index contributed by atoms with van der Waals surface area (Å²) in [5.41, 5.74) is 4.40. The van der Waals surface area contributed by atoms with Gasteiger partial charge in [0.25, 0.3) is 5.69 Å². The summed E-state index contributed by atoms with van der Waals surface area (Å²) in [6, 6.07) is 22.7. The predicted molar refractivity (Wildman–Crippen MR) is 112 cm³/mol. The SMILES string of the molecule is CCn1c2ccccc2c2cc(/C=C(/C#N)c3ccc([N+](=O)[O-])cc3)ccc21.